The van der Waals surface area contributed by atoms with Crippen LogP contribution in [0, 0.1) is 18.8 Å². The van der Waals surface area contributed by atoms with E-state index in [4.69, 9.17) is 11.6 Å². The van der Waals surface area contributed by atoms with Crippen molar-refractivity contribution >= 4 is 23.4 Å². The van der Waals surface area contributed by atoms with Crippen molar-refractivity contribution in [2.45, 2.75) is 26.3 Å². The second kappa shape index (κ2) is 7.55. The minimum Gasteiger partial charge on any atom is -0.338 e. The highest BCUT2D eigenvalue weighted by atomic mass is 35.5. The Morgan fingerprint density at radius 1 is 1.18 bits per heavy atom. The molecule has 2 aliphatic rings. The molecule has 6 heteroatoms. The van der Waals surface area contributed by atoms with Crippen LogP contribution in [0.5, 0.6) is 0 Å². The molecule has 4 rings (SSSR count). The maximum atomic E-state index is 13.0. The van der Waals surface area contributed by atoms with Crippen molar-refractivity contribution in [2.75, 3.05) is 19.6 Å². The zero-order chi connectivity index (χ0) is 19.8. The predicted molar refractivity (Wildman–Crippen MR) is 108 cm³/mol. The van der Waals surface area contributed by atoms with E-state index < -0.39 is 0 Å². The van der Waals surface area contributed by atoms with Crippen molar-refractivity contribution in [3.8, 4) is 0 Å². The molecule has 3 heterocycles. The quantitative estimate of drug-likeness (QED) is 0.793. The second-order valence-corrected chi connectivity index (χ2v) is 8.10. The van der Waals surface area contributed by atoms with E-state index in [-0.39, 0.29) is 29.7 Å². The van der Waals surface area contributed by atoms with E-state index in [9.17, 15) is 9.59 Å². The summed E-state index contributed by atoms with van der Waals surface area (Å²) in [5, 5.41) is 0.378. The lowest BCUT2D eigenvalue weighted by Crippen LogP contribution is -2.37. The number of aromatic nitrogens is 1. The van der Waals surface area contributed by atoms with Crippen molar-refractivity contribution in [1.82, 2.24) is 14.8 Å². The SMILES string of the molecule is CCC(=O)N1C[C@@H]2CN(C(=O)c3ccncc3Cl)C[C@@H]2[C@H]1c1ccccc1C. The number of fused-ring (bicyclic) bond motifs is 1. The molecule has 2 aliphatic heterocycles. The molecule has 2 saturated heterocycles. The largest absolute Gasteiger partial charge is 0.338 e. The van der Waals surface area contributed by atoms with Gasteiger partial charge in [-0.05, 0) is 24.1 Å². The summed E-state index contributed by atoms with van der Waals surface area (Å²) in [6.45, 7) is 5.98. The van der Waals surface area contributed by atoms with Gasteiger partial charge >= 0.3 is 0 Å². The highest BCUT2D eigenvalue weighted by molar-refractivity contribution is 6.33. The molecular formula is C22H24ClN3O2. The van der Waals surface area contributed by atoms with Gasteiger partial charge in [-0.3, -0.25) is 14.6 Å². The average molecular weight is 398 g/mol. The van der Waals surface area contributed by atoms with E-state index in [1.54, 1.807) is 12.3 Å². The molecule has 0 N–H and O–H groups in total. The summed E-state index contributed by atoms with van der Waals surface area (Å²) in [7, 11) is 0. The van der Waals surface area contributed by atoms with Crippen LogP contribution in [-0.4, -0.2) is 46.2 Å². The Labute approximate surface area is 170 Å². The van der Waals surface area contributed by atoms with Gasteiger partial charge in [-0.1, -0.05) is 42.8 Å². The van der Waals surface area contributed by atoms with Gasteiger partial charge in [-0.25, -0.2) is 0 Å². The maximum Gasteiger partial charge on any atom is 0.255 e. The molecule has 1 aromatic heterocycles. The lowest BCUT2D eigenvalue weighted by molar-refractivity contribution is -0.132. The fourth-order valence-corrected chi connectivity index (χ4v) is 4.91. The van der Waals surface area contributed by atoms with Crippen LogP contribution in [0.4, 0.5) is 0 Å². The first-order chi connectivity index (χ1) is 13.5. The number of amides is 2. The zero-order valence-electron chi connectivity index (χ0n) is 16.1. The van der Waals surface area contributed by atoms with Gasteiger partial charge in [0.05, 0.1) is 16.6 Å². The van der Waals surface area contributed by atoms with E-state index in [0.29, 0.717) is 36.6 Å². The standard InChI is InChI=1S/C22H24ClN3O2/c1-3-20(27)26-12-15-11-25(22(28)17-8-9-24-10-19(17)23)13-18(15)21(26)16-7-5-4-6-14(16)2/h4-10,15,18,21H,3,11-13H2,1-2H3/t15-,18-,21+/m0/s1. The number of nitrogens with zero attached hydrogens (tertiary/aromatic N) is 3. The molecule has 3 atom stereocenters. The minimum absolute atomic E-state index is 0.0179. The van der Waals surface area contributed by atoms with E-state index in [2.05, 4.69) is 24.0 Å². The molecule has 2 aromatic rings. The fraction of sp³-hybridized carbons (Fsp3) is 0.409. The number of hydrogen-bond acceptors (Lipinski definition) is 3. The summed E-state index contributed by atoms with van der Waals surface area (Å²) in [5.74, 6) is 0.641. The molecule has 1 aromatic carbocycles. The van der Waals surface area contributed by atoms with Crippen LogP contribution >= 0.6 is 11.6 Å². The van der Waals surface area contributed by atoms with Gasteiger partial charge in [0.15, 0.2) is 0 Å². The van der Waals surface area contributed by atoms with Crippen LogP contribution in [0.2, 0.25) is 5.02 Å². The van der Waals surface area contributed by atoms with Gasteiger partial charge in [-0.15, -0.1) is 0 Å². The summed E-state index contributed by atoms with van der Waals surface area (Å²) < 4.78 is 0. The third-order valence-corrected chi connectivity index (χ3v) is 6.39. The molecule has 28 heavy (non-hydrogen) atoms. The van der Waals surface area contributed by atoms with Gasteiger partial charge < -0.3 is 9.80 Å². The van der Waals surface area contributed by atoms with Gasteiger partial charge in [-0.2, -0.15) is 0 Å². The summed E-state index contributed by atoms with van der Waals surface area (Å²) in [6, 6.07) is 9.94. The fourth-order valence-electron chi connectivity index (χ4n) is 4.71. The van der Waals surface area contributed by atoms with Crippen LogP contribution in [-0.2, 0) is 4.79 Å². The molecule has 2 fully saturated rings. The number of carbonyl (C=O) groups excluding carboxylic acids is 2. The lowest BCUT2D eigenvalue weighted by Gasteiger charge is -2.31. The van der Waals surface area contributed by atoms with E-state index >= 15 is 0 Å². The Bertz CT molecular complexity index is 916. The highest BCUT2D eigenvalue weighted by Gasteiger charge is 2.50. The van der Waals surface area contributed by atoms with Crippen molar-refractivity contribution in [3.63, 3.8) is 0 Å². The molecule has 0 bridgehead atoms. The number of benzene rings is 1. The molecule has 0 saturated carbocycles. The number of pyridine rings is 1. The Morgan fingerprint density at radius 2 is 1.96 bits per heavy atom. The van der Waals surface area contributed by atoms with Gasteiger partial charge in [0.2, 0.25) is 5.91 Å². The summed E-state index contributed by atoms with van der Waals surface area (Å²) >= 11 is 6.18. The lowest BCUT2D eigenvalue weighted by atomic mass is 9.87. The zero-order valence-corrected chi connectivity index (χ0v) is 16.9. The predicted octanol–water partition coefficient (Wildman–Crippen LogP) is 3.73. The molecule has 0 aliphatic carbocycles. The van der Waals surface area contributed by atoms with Crippen molar-refractivity contribution < 1.29 is 9.59 Å². The van der Waals surface area contributed by atoms with E-state index in [1.807, 2.05) is 28.9 Å². The van der Waals surface area contributed by atoms with Crippen LogP contribution in [0.3, 0.4) is 0 Å². The molecule has 5 nitrogen and oxygen atoms in total. The molecule has 0 unspecified atom stereocenters. The van der Waals surface area contributed by atoms with Crippen molar-refractivity contribution in [1.29, 1.82) is 0 Å². The third-order valence-electron chi connectivity index (χ3n) is 6.08. The average Bonchev–Trinajstić information content (AvgIpc) is 3.26. The summed E-state index contributed by atoms with van der Waals surface area (Å²) in [6.07, 6.45) is 3.59. The molecule has 146 valence electrons. The monoisotopic (exact) mass is 397 g/mol. The minimum atomic E-state index is -0.0568. The normalized spacial score (nSPS) is 23.8. The second-order valence-electron chi connectivity index (χ2n) is 7.69. The number of rotatable bonds is 3. The molecule has 2 amide bonds. The molecule has 0 radical (unpaired) electrons. The topological polar surface area (TPSA) is 53.5 Å². The van der Waals surface area contributed by atoms with Gasteiger partial charge in [0.1, 0.15) is 0 Å². The Balaban J connectivity index is 1.63. The first-order valence-corrected chi connectivity index (χ1v) is 10.1. The van der Waals surface area contributed by atoms with Crippen molar-refractivity contribution in [3.05, 3.63) is 64.4 Å². The maximum absolute atomic E-state index is 13.0. The number of carbonyl (C=O) groups is 2. The Kier molecular flexibility index (Phi) is 5.11. The number of likely N-dealkylation sites (tertiary alicyclic amines) is 2. The Morgan fingerprint density at radius 3 is 2.68 bits per heavy atom. The van der Waals surface area contributed by atoms with Crippen LogP contribution < -0.4 is 0 Å². The van der Waals surface area contributed by atoms with Crippen molar-refractivity contribution in [2.24, 2.45) is 11.8 Å². The third kappa shape index (κ3) is 3.18. The van der Waals surface area contributed by atoms with Crippen LogP contribution in [0.25, 0.3) is 0 Å². The number of halogens is 1. The summed E-state index contributed by atoms with van der Waals surface area (Å²) in [4.78, 5) is 33.5. The van der Waals surface area contributed by atoms with Gasteiger partial charge in [0, 0.05) is 50.3 Å². The first kappa shape index (κ1) is 18.9. The Hall–Kier alpha value is -2.40. The van der Waals surface area contributed by atoms with E-state index in [1.165, 1.54) is 17.3 Å². The smallest absolute Gasteiger partial charge is 0.255 e. The first-order valence-electron chi connectivity index (χ1n) is 9.75. The number of aryl methyl sites for hydroxylation is 1. The number of hydrogen-bond donors (Lipinski definition) is 0. The molecule has 0 spiro atoms. The summed E-state index contributed by atoms with van der Waals surface area (Å²) in [5.41, 5.74) is 2.86. The highest BCUT2D eigenvalue weighted by Crippen LogP contribution is 2.46. The molecular weight excluding hydrogens is 374 g/mol. The van der Waals surface area contributed by atoms with Gasteiger partial charge in [0.25, 0.3) is 5.91 Å². The van der Waals surface area contributed by atoms with E-state index in [0.717, 1.165) is 0 Å². The van der Waals surface area contributed by atoms with Crippen LogP contribution in [0.15, 0.2) is 42.7 Å². The van der Waals surface area contributed by atoms with Crippen LogP contribution in [0.1, 0.15) is 40.9 Å².